The standard InChI is InChI=1S/C43H48F2N8O/c1-52-38-13-8-28(23-34(38)32-10-15-41(50-42(32)52)49-31-21-26-5-3-4-6-27(26)22-31)46-17-19-53-39-14-9-29(47-18-20-54-2)24-35(39)33-11-16-40(51-43(33)53)48-30-7-12-36(44)37(45)25-30/h3-7,10-12,15-16,25,28-29,31,46-47H,8-9,13-14,17-24H2,1-2H3,(H,48,51)(H,49,50). The summed E-state index contributed by atoms with van der Waals surface area (Å²) in [6.45, 7) is 3.11. The van der Waals surface area contributed by atoms with Crippen molar-refractivity contribution in [1.82, 2.24) is 29.7 Å². The Morgan fingerprint density at radius 1 is 0.722 bits per heavy atom. The van der Waals surface area contributed by atoms with Gasteiger partial charge in [0.2, 0.25) is 0 Å². The Bertz CT molecular complexity index is 2310. The van der Waals surface area contributed by atoms with Crippen LogP contribution in [0.1, 0.15) is 46.5 Å². The summed E-state index contributed by atoms with van der Waals surface area (Å²) in [5, 5.41) is 16.9. The lowest BCUT2D eigenvalue weighted by molar-refractivity contribution is 0.194. The quantitative estimate of drug-likeness (QED) is 0.103. The maximum absolute atomic E-state index is 14.0. The molecular formula is C43H48F2N8O. The Balaban J connectivity index is 0.910. The van der Waals surface area contributed by atoms with Gasteiger partial charge in [-0.3, -0.25) is 0 Å². The molecule has 4 N–H and O–H groups in total. The normalized spacial score (nSPS) is 18.2. The van der Waals surface area contributed by atoms with E-state index in [-0.39, 0.29) is 0 Å². The molecule has 0 saturated heterocycles. The van der Waals surface area contributed by atoms with Gasteiger partial charge in [0.25, 0.3) is 0 Å². The van der Waals surface area contributed by atoms with Gasteiger partial charge in [0, 0.05) is 85.8 Å². The van der Waals surface area contributed by atoms with Gasteiger partial charge in [-0.1, -0.05) is 24.3 Å². The molecule has 0 spiro atoms. The number of anilines is 3. The Morgan fingerprint density at radius 3 is 2.13 bits per heavy atom. The van der Waals surface area contributed by atoms with E-state index in [9.17, 15) is 8.78 Å². The van der Waals surface area contributed by atoms with Crippen LogP contribution < -0.4 is 21.3 Å². The molecule has 0 saturated carbocycles. The highest BCUT2D eigenvalue weighted by Gasteiger charge is 2.28. The SMILES string of the molecule is COCCNC1CCc2c(c3ccc(Nc4ccc(F)c(F)c4)nc3n2CCNC2CCc3c(c4ccc(NC5Cc6ccccc6C5)nc4n3C)C2)C1. The molecule has 2 unspecified atom stereocenters. The van der Waals surface area contributed by atoms with E-state index < -0.39 is 11.6 Å². The molecule has 3 aliphatic carbocycles. The summed E-state index contributed by atoms with van der Waals surface area (Å²) < 4.78 is 37.6. The van der Waals surface area contributed by atoms with Crippen LogP contribution in [-0.2, 0) is 56.9 Å². The monoisotopic (exact) mass is 730 g/mol. The number of hydrogen-bond acceptors (Lipinski definition) is 7. The first-order valence-electron chi connectivity index (χ1n) is 19.4. The van der Waals surface area contributed by atoms with Crippen molar-refractivity contribution >= 4 is 39.4 Å². The Hall–Kier alpha value is -4.84. The van der Waals surface area contributed by atoms with Gasteiger partial charge in [-0.05, 0) is 110 Å². The third-order valence-corrected chi connectivity index (χ3v) is 11.9. The minimum atomic E-state index is -0.889. The third kappa shape index (κ3) is 6.73. The average Bonchev–Trinajstić information content (AvgIpc) is 3.82. The molecular weight excluding hydrogens is 683 g/mol. The smallest absolute Gasteiger partial charge is 0.160 e. The van der Waals surface area contributed by atoms with E-state index in [1.165, 1.54) is 51.2 Å². The zero-order valence-corrected chi connectivity index (χ0v) is 31.0. The lowest BCUT2D eigenvalue weighted by Gasteiger charge is -2.26. The van der Waals surface area contributed by atoms with Crippen LogP contribution in [0.5, 0.6) is 0 Å². The first-order valence-corrected chi connectivity index (χ1v) is 19.4. The van der Waals surface area contributed by atoms with Gasteiger partial charge < -0.3 is 35.1 Å². The number of pyridine rings is 2. The predicted molar refractivity (Wildman–Crippen MR) is 211 cm³/mol. The van der Waals surface area contributed by atoms with Crippen molar-refractivity contribution in [3.05, 3.63) is 112 Å². The zero-order valence-electron chi connectivity index (χ0n) is 31.0. The van der Waals surface area contributed by atoms with E-state index in [1.807, 2.05) is 6.07 Å². The number of aromatic nitrogens is 4. The van der Waals surface area contributed by atoms with E-state index in [1.54, 1.807) is 7.11 Å². The van der Waals surface area contributed by atoms with Crippen molar-refractivity contribution in [2.24, 2.45) is 7.05 Å². The topological polar surface area (TPSA) is 93.0 Å². The van der Waals surface area contributed by atoms with Crippen molar-refractivity contribution in [2.45, 2.75) is 76.0 Å². The van der Waals surface area contributed by atoms with Gasteiger partial charge in [-0.2, -0.15) is 0 Å². The number of ether oxygens (including phenoxy) is 1. The Morgan fingerprint density at radius 2 is 1.39 bits per heavy atom. The van der Waals surface area contributed by atoms with Crippen LogP contribution in [0, 0.1) is 11.6 Å². The van der Waals surface area contributed by atoms with Gasteiger partial charge in [-0.25, -0.2) is 18.7 Å². The molecule has 0 radical (unpaired) electrons. The first-order chi connectivity index (χ1) is 26.4. The summed E-state index contributed by atoms with van der Waals surface area (Å²) in [4.78, 5) is 10.2. The molecule has 9 rings (SSSR count). The number of halogens is 2. The van der Waals surface area contributed by atoms with Crippen LogP contribution >= 0.6 is 0 Å². The minimum absolute atomic E-state index is 0.364. The molecule has 280 valence electrons. The number of rotatable bonds is 12. The fourth-order valence-electron chi connectivity index (χ4n) is 9.22. The van der Waals surface area contributed by atoms with Crippen LogP contribution in [-0.4, -0.2) is 64.0 Å². The molecule has 4 heterocycles. The van der Waals surface area contributed by atoms with Crippen molar-refractivity contribution in [3.8, 4) is 0 Å². The maximum Gasteiger partial charge on any atom is 0.160 e. The van der Waals surface area contributed by atoms with Crippen molar-refractivity contribution in [3.63, 3.8) is 0 Å². The lowest BCUT2D eigenvalue weighted by atomic mass is 9.91. The maximum atomic E-state index is 14.0. The molecule has 0 fully saturated rings. The molecule has 6 aromatic rings. The second kappa shape index (κ2) is 14.8. The molecule has 4 aromatic heterocycles. The van der Waals surface area contributed by atoms with Gasteiger partial charge in [0.15, 0.2) is 11.6 Å². The fourth-order valence-corrected chi connectivity index (χ4v) is 9.22. The highest BCUT2D eigenvalue weighted by Crippen LogP contribution is 2.35. The van der Waals surface area contributed by atoms with E-state index in [4.69, 9.17) is 14.7 Å². The number of nitrogens with zero attached hydrogens (tertiary/aromatic N) is 4. The largest absolute Gasteiger partial charge is 0.383 e. The van der Waals surface area contributed by atoms with Crippen LogP contribution in [0.25, 0.3) is 22.1 Å². The van der Waals surface area contributed by atoms with Crippen molar-refractivity contribution in [1.29, 1.82) is 0 Å². The molecule has 0 bridgehead atoms. The average molecular weight is 731 g/mol. The second-order valence-corrected chi connectivity index (χ2v) is 15.2. The number of nitrogens with one attached hydrogen (secondary N) is 4. The molecule has 54 heavy (non-hydrogen) atoms. The van der Waals surface area contributed by atoms with E-state index >= 15 is 0 Å². The molecule has 11 heteroatoms. The van der Waals surface area contributed by atoms with Gasteiger partial charge in [0.05, 0.1) is 6.61 Å². The highest BCUT2D eigenvalue weighted by atomic mass is 19.2. The second-order valence-electron chi connectivity index (χ2n) is 15.2. The van der Waals surface area contributed by atoms with Crippen LogP contribution in [0.3, 0.4) is 0 Å². The van der Waals surface area contributed by atoms with E-state index in [0.717, 1.165) is 99.6 Å². The number of fused-ring (bicyclic) bond motifs is 7. The molecule has 0 aliphatic heterocycles. The molecule has 3 aliphatic rings. The number of aryl methyl sites for hydroxylation is 1. The number of methoxy groups -OCH3 is 1. The molecule has 0 amide bonds. The summed E-state index contributed by atoms with van der Waals surface area (Å²) in [7, 11) is 3.90. The van der Waals surface area contributed by atoms with Gasteiger partial charge in [0.1, 0.15) is 22.9 Å². The Kier molecular flexibility index (Phi) is 9.54. The highest BCUT2D eigenvalue weighted by molar-refractivity contribution is 5.85. The van der Waals surface area contributed by atoms with Crippen LogP contribution in [0.4, 0.5) is 26.1 Å². The van der Waals surface area contributed by atoms with E-state index in [0.29, 0.717) is 36.2 Å². The van der Waals surface area contributed by atoms with Gasteiger partial charge in [-0.15, -0.1) is 0 Å². The number of benzene rings is 2. The van der Waals surface area contributed by atoms with E-state index in [2.05, 4.69) is 79.9 Å². The lowest BCUT2D eigenvalue weighted by Crippen LogP contribution is -2.38. The zero-order chi connectivity index (χ0) is 36.8. The summed E-state index contributed by atoms with van der Waals surface area (Å²) in [6, 6.07) is 22.1. The summed E-state index contributed by atoms with van der Waals surface area (Å²) in [6.07, 6.45) is 8.06. The third-order valence-electron chi connectivity index (χ3n) is 11.9. The number of hydrogen-bond donors (Lipinski definition) is 4. The van der Waals surface area contributed by atoms with Crippen molar-refractivity contribution < 1.29 is 13.5 Å². The van der Waals surface area contributed by atoms with Gasteiger partial charge >= 0.3 is 0 Å². The molecule has 9 nitrogen and oxygen atoms in total. The summed E-state index contributed by atoms with van der Waals surface area (Å²) >= 11 is 0. The first kappa shape index (κ1) is 34.9. The summed E-state index contributed by atoms with van der Waals surface area (Å²) in [5.74, 6) is -0.210. The minimum Gasteiger partial charge on any atom is -0.383 e. The molecule has 2 atom stereocenters. The predicted octanol–water partition coefficient (Wildman–Crippen LogP) is 6.76. The van der Waals surface area contributed by atoms with Crippen LogP contribution in [0.15, 0.2) is 66.7 Å². The molecule has 2 aromatic carbocycles. The summed E-state index contributed by atoms with van der Waals surface area (Å²) in [5.41, 5.74) is 10.8. The fraction of sp³-hybridized carbons (Fsp3) is 0.395. The van der Waals surface area contributed by atoms with Crippen molar-refractivity contribution in [2.75, 3.05) is 37.4 Å². The van der Waals surface area contributed by atoms with Crippen LogP contribution in [0.2, 0.25) is 0 Å². The Labute approximate surface area is 314 Å².